The predicted octanol–water partition coefficient (Wildman–Crippen LogP) is 4.21. The summed E-state index contributed by atoms with van der Waals surface area (Å²) in [5.74, 6) is 0.776. The number of aryl methyl sites for hydroxylation is 2. The number of thiazole rings is 1. The number of hydrogen-bond donors (Lipinski definition) is 1. The van der Waals surface area contributed by atoms with Crippen molar-refractivity contribution in [1.29, 1.82) is 0 Å². The van der Waals surface area contributed by atoms with Gasteiger partial charge in [0.15, 0.2) is 0 Å². The molecule has 1 atom stereocenters. The number of rotatable bonds is 5. The zero-order chi connectivity index (χ0) is 17.9. The number of halogens is 1. The van der Waals surface area contributed by atoms with Gasteiger partial charge in [-0.2, -0.15) is 0 Å². The second-order valence-electron chi connectivity index (χ2n) is 6.98. The Morgan fingerprint density at radius 1 is 1.28 bits per heavy atom. The van der Waals surface area contributed by atoms with E-state index in [0.29, 0.717) is 6.61 Å². The molecule has 0 radical (unpaired) electrons. The van der Waals surface area contributed by atoms with Crippen LogP contribution in [0, 0.1) is 13.8 Å². The van der Waals surface area contributed by atoms with Gasteiger partial charge in [-0.25, -0.2) is 0 Å². The number of hydrogen-bond acceptors (Lipinski definition) is 5. The summed E-state index contributed by atoms with van der Waals surface area (Å²) < 4.78 is 5.93. The number of nitrogens with zero attached hydrogens (tertiary/aromatic N) is 2. The Labute approximate surface area is 158 Å². The van der Waals surface area contributed by atoms with Crippen molar-refractivity contribution in [3.63, 3.8) is 0 Å². The lowest BCUT2D eigenvalue weighted by Crippen LogP contribution is -2.37. The van der Waals surface area contributed by atoms with Crippen molar-refractivity contribution in [2.24, 2.45) is 0 Å². The Balaban J connectivity index is 1.57. The van der Waals surface area contributed by atoms with E-state index in [1.165, 1.54) is 4.88 Å². The third-order valence-corrected chi connectivity index (χ3v) is 6.15. The van der Waals surface area contributed by atoms with E-state index in [4.69, 9.17) is 16.3 Å². The van der Waals surface area contributed by atoms with Crippen molar-refractivity contribution in [3.8, 4) is 5.75 Å². The van der Waals surface area contributed by atoms with Crippen LogP contribution in [0.4, 0.5) is 0 Å². The molecule has 1 aromatic heterocycles. The van der Waals surface area contributed by atoms with Crippen LogP contribution in [0.15, 0.2) is 23.8 Å². The highest BCUT2D eigenvalue weighted by molar-refractivity contribution is 7.09. The molecule has 0 bridgehead atoms. The first-order chi connectivity index (χ1) is 12.0. The van der Waals surface area contributed by atoms with Gasteiger partial charge in [-0.1, -0.05) is 11.6 Å². The van der Waals surface area contributed by atoms with Crippen LogP contribution in [0.1, 0.15) is 35.3 Å². The number of aliphatic hydroxyl groups is 1. The minimum absolute atomic E-state index is 0.321. The highest BCUT2D eigenvalue weighted by Crippen LogP contribution is 2.28. The van der Waals surface area contributed by atoms with E-state index in [1.807, 2.05) is 37.7 Å². The lowest BCUT2D eigenvalue weighted by Gasteiger charge is -2.27. The Morgan fingerprint density at radius 3 is 2.72 bits per heavy atom. The van der Waals surface area contributed by atoms with Gasteiger partial charge in [-0.15, -0.1) is 11.3 Å². The van der Waals surface area contributed by atoms with E-state index in [0.717, 1.165) is 60.8 Å². The monoisotopic (exact) mass is 380 g/mol. The molecule has 25 heavy (non-hydrogen) atoms. The van der Waals surface area contributed by atoms with Crippen LogP contribution in [0.5, 0.6) is 5.75 Å². The summed E-state index contributed by atoms with van der Waals surface area (Å²) in [6.45, 7) is 7.05. The molecule has 1 fully saturated rings. The quantitative estimate of drug-likeness (QED) is 0.843. The van der Waals surface area contributed by atoms with Gasteiger partial charge in [-0.3, -0.25) is 9.88 Å². The summed E-state index contributed by atoms with van der Waals surface area (Å²) in [7, 11) is 0. The van der Waals surface area contributed by atoms with E-state index in [1.54, 1.807) is 11.3 Å². The maximum Gasteiger partial charge on any atom is 0.120 e. The molecule has 6 heteroatoms. The van der Waals surface area contributed by atoms with Gasteiger partial charge in [0, 0.05) is 29.2 Å². The fourth-order valence-corrected chi connectivity index (χ4v) is 4.03. The van der Waals surface area contributed by atoms with E-state index in [-0.39, 0.29) is 0 Å². The minimum atomic E-state index is -0.774. The van der Waals surface area contributed by atoms with Crippen LogP contribution in [-0.4, -0.2) is 40.3 Å². The summed E-state index contributed by atoms with van der Waals surface area (Å²) in [5, 5.41) is 11.7. The Kier molecular flexibility index (Phi) is 6.00. The molecule has 1 aromatic carbocycles. The Hall–Kier alpha value is -1.14. The van der Waals surface area contributed by atoms with Crippen LogP contribution in [0.2, 0.25) is 5.02 Å². The summed E-state index contributed by atoms with van der Waals surface area (Å²) in [5.41, 5.74) is 3.10. The average molecular weight is 381 g/mol. The lowest BCUT2D eigenvalue weighted by molar-refractivity contribution is -0.0168. The summed E-state index contributed by atoms with van der Waals surface area (Å²) in [6, 6.07) is 3.87. The van der Waals surface area contributed by atoms with Gasteiger partial charge >= 0.3 is 0 Å². The molecular formula is C19H25ClN2O2S. The molecule has 0 saturated carbocycles. The summed E-state index contributed by atoms with van der Waals surface area (Å²) >= 11 is 7.89. The molecule has 1 aliphatic heterocycles. The third-order valence-electron chi connectivity index (χ3n) is 4.79. The molecule has 1 aliphatic rings. The van der Waals surface area contributed by atoms with Gasteiger partial charge in [0.25, 0.3) is 0 Å². The van der Waals surface area contributed by atoms with Crippen LogP contribution in [0.25, 0.3) is 0 Å². The van der Waals surface area contributed by atoms with E-state index in [2.05, 4.69) is 9.88 Å². The van der Waals surface area contributed by atoms with Crippen LogP contribution < -0.4 is 4.74 Å². The first kappa shape index (κ1) is 18.6. The average Bonchev–Trinajstić information content (AvgIpc) is 3.01. The van der Waals surface area contributed by atoms with Gasteiger partial charge in [0.2, 0.25) is 0 Å². The van der Waals surface area contributed by atoms with Crippen molar-refractivity contribution in [1.82, 2.24) is 9.88 Å². The second kappa shape index (κ2) is 8.04. The number of aromatic nitrogens is 1. The molecule has 0 aliphatic carbocycles. The zero-order valence-corrected chi connectivity index (χ0v) is 16.4. The SMILES string of the molecule is Cc1cc(OCC2(O)CCCN(Cc3cncs3)CC2)cc(C)c1Cl. The van der Waals surface area contributed by atoms with Crippen LogP contribution >= 0.6 is 22.9 Å². The largest absolute Gasteiger partial charge is 0.491 e. The maximum atomic E-state index is 11.0. The molecule has 1 N–H and O–H groups in total. The van der Waals surface area contributed by atoms with E-state index >= 15 is 0 Å². The molecule has 1 unspecified atom stereocenters. The lowest BCUT2D eigenvalue weighted by atomic mass is 9.96. The van der Waals surface area contributed by atoms with E-state index in [9.17, 15) is 5.11 Å². The highest BCUT2D eigenvalue weighted by atomic mass is 35.5. The number of benzene rings is 1. The molecule has 0 amide bonds. The van der Waals surface area contributed by atoms with E-state index < -0.39 is 5.60 Å². The van der Waals surface area contributed by atoms with Crippen molar-refractivity contribution in [2.45, 2.75) is 45.3 Å². The predicted molar refractivity (Wildman–Crippen MR) is 103 cm³/mol. The van der Waals surface area contributed by atoms with Crippen LogP contribution in [-0.2, 0) is 6.54 Å². The fraction of sp³-hybridized carbons (Fsp3) is 0.526. The molecule has 2 aromatic rings. The zero-order valence-electron chi connectivity index (χ0n) is 14.8. The van der Waals surface area contributed by atoms with Gasteiger partial charge < -0.3 is 9.84 Å². The fourth-order valence-electron chi connectivity index (χ4n) is 3.28. The summed E-state index contributed by atoms with van der Waals surface area (Å²) in [6.07, 6.45) is 4.38. The van der Waals surface area contributed by atoms with Crippen molar-refractivity contribution in [3.05, 3.63) is 44.9 Å². The molecule has 136 valence electrons. The maximum absolute atomic E-state index is 11.0. The molecule has 3 rings (SSSR count). The van der Waals surface area contributed by atoms with Gasteiger partial charge in [-0.05, 0) is 62.9 Å². The van der Waals surface area contributed by atoms with Crippen molar-refractivity contribution < 1.29 is 9.84 Å². The molecule has 1 saturated heterocycles. The second-order valence-corrected chi connectivity index (χ2v) is 8.33. The normalized spacial score (nSPS) is 21.9. The topological polar surface area (TPSA) is 45.6 Å². The Bertz CT molecular complexity index is 684. The van der Waals surface area contributed by atoms with Crippen molar-refractivity contribution in [2.75, 3.05) is 19.7 Å². The third kappa shape index (κ3) is 4.94. The first-order valence-corrected chi connectivity index (χ1v) is 9.93. The Morgan fingerprint density at radius 2 is 2.04 bits per heavy atom. The number of likely N-dealkylation sites (tertiary alicyclic amines) is 1. The van der Waals surface area contributed by atoms with Gasteiger partial charge in [0.05, 0.1) is 11.1 Å². The molecular weight excluding hydrogens is 356 g/mol. The van der Waals surface area contributed by atoms with Crippen molar-refractivity contribution >= 4 is 22.9 Å². The molecule has 2 heterocycles. The van der Waals surface area contributed by atoms with Gasteiger partial charge in [0.1, 0.15) is 12.4 Å². The highest BCUT2D eigenvalue weighted by Gasteiger charge is 2.31. The summed E-state index contributed by atoms with van der Waals surface area (Å²) in [4.78, 5) is 7.80. The first-order valence-electron chi connectivity index (χ1n) is 8.67. The minimum Gasteiger partial charge on any atom is -0.491 e. The van der Waals surface area contributed by atoms with Crippen LogP contribution in [0.3, 0.4) is 0 Å². The smallest absolute Gasteiger partial charge is 0.120 e. The molecule has 4 nitrogen and oxygen atoms in total. The molecule has 0 spiro atoms. The standard InChI is InChI=1S/C19H25ClN2O2S/c1-14-8-16(9-15(2)18(14)20)24-12-19(23)4-3-6-22(7-5-19)11-17-10-21-13-25-17/h8-10,13,23H,3-7,11-12H2,1-2H3. The number of ether oxygens (including phenoxy) is 1.